The van der Waals surface area contributed by atoms with E-state index < -0.39 is 12.2 Å². The predicted octanol–water partition coefficient (Wildman–Crippen LogP) is 3.71. The van der Waals surface area contributed by atoms with Gasteiger partial charge in [0.25, 0.3) is 0 Å². The summed E-state index contributed by atoms with van der Waals surface area (Å²) in [5, 5.41) is 6.79. The Balaban J connectivity index is 1.39. The molecule has 4 atom stereocenters. The van der Waals surface area contributed by atoms with Gasteiger partial charge in [0.1, 0.15) is 24.1 Å². The van der Waals surface area contributed by atoms with E-state index in [1.165, 1.54) is 6.33 Å². The van der Waals surface area contributed by atoms with Gasteiger partial charge in [0.2, 0.25) is 5.91 Å². The molecule has 1 aromatic carbocycles. The van der Waals surface area contributed by atoms with Crippen LogP contribution in [0.2, 0.25) is 5.02 Å². The number of benzene rings is 1. The molecule has 186 valence electrons. The van der Waals surface area contributed by atoms with Crippen molar-refractivity contribution >= 4 is 35.2 Å². The molecule has 2 saturated heterocycles. The van der Waals surface area contributed by atoms with Gasteiger partial charge in [0, 0.05) is 42.8 Å². The van der Waals surface area contributed by atoms with Gasteiger partial charge in [0.05, 0.1) is 11.5 Å². The summed E-state index contributed by atoms with van der Waals surface area (Å²) in [6.45, 7) is 7.93. The van der Waals surface area contributed by atoms with Gasteiger partial charge in [0.15, 0.2) is 0 Å². The minimum absolute atomic E-state index is 0.0927. The van der Waals surface area contributed by atoms with Crippen LogP contribution in [-0.4, -0.2) is 64.6 Å². The fourth-order valence-corrected chi connectivity index (χ4v) is 5.60. The minimum atomic E-state index is -0.506. The number of nitrogens with one attached hydrogen (secondary N) is 2. The van der Waals surface area contributed by atoms with E-state index in [0.717, 1.165) is 29.8 Å². The minimum Gasteiger partial charge on any atom is -0.441 e. The Morgan fingerprint density at radius 2 is 1.89 bits per heavy atom. The standard InChI is InChI=1S/C25H31ClN6O3/c1-14(2)27-10-20(16-4-6-17(26)7-5-16)24(33)32-18-8-9-19(32)12-31(11-18)23-21-15(3)35-25(34)30-22(21)28-13-29-23/h4-7,13-15,18-20,27H,8-12H2,1-3H3,(H,28,29,30,34)/t15-,18-,19+,20+/m0/s1. The molecule has 3 aliphatic rings. The van der Waals surface area contributed by atoms with Gasteiger partial charge < -0.3 is 19.9 Å². The number of aromatic nitrogens is 2. The number of carbonyl (C=O) groups excluding carboxylic acids is 2. The molecule has 2 fully saturated rings. The number of ether oxygens (including phenoxy) is 1. The molecule has 5 rings (SSSR count). The van der Waals surface area contributed by atoms with Crippen molar-refractivity contribution in [2.75, 3.05) is 29.9 Å². The number of halogens is 1. The molecule has 2 amide bonds. The number of hydrogen-bond donors (Lipinski definition) is 2. The Morgan fingerprint density at radius 1 is 1.20 bits per heavy atom. The lowest BCUT2D eigenvalue weighted by Crippen LogP contribution is -2.58. The molecule has 2 aromatic rings. The maximum absolute atomic E-state index is 14.0. The lowest BCUT2D eigenvalue weighted by atomic mass is 9.95. The molecule has 0 radical (unpaired) electrons. The smallest absolute Gasteiger partial charge is 0.413 e. The van der Waals surface area contributed by atoms with E-state index in [1.807, 2.05) is 31.2 Å². The Bertz CT molecular complexity index is 1100. The summed E-state index contributed by atoms with van der Waals surface area (Å²) < 4.78 is 5.37. The van der Waals surface area contributed by atoms with Gasteiger partial charge in [-0.15, -0.1) is 0 Å². The van der Waals surface area contributed by atoms with Crippen LogP contribution < -0.4 is 15.5 Å². The van der Waals surface area contributed by atoms with E-state index >= 15 is 0 Å². The Morgan fingerprint density at radius 3 is 2.54 bits per heavy atom. The third kappa shape index (κ3) is 4.67. The molecule has 2 bridgehead atoms. The highest BCUT2D eigenvalue weighted by Crippen LogP contribution is 2.40. The number of rotatable bonds is 6. The second-order valence-corrected chi connectivity index (χ2v) is 10.3. The third-order valence-corrected chi connectivity index (χ3v) is 7.36. The summed E-state index contributed by atoms with van der Waals surface area (Å²) >= 11 is 6.11. The van der Waals surface area contributed by atoms with Crippen LogP contribution in [-0.2, 0) is 9.53 Å². The van der Waals surface area contributed by atoms with Crippen molar-refractivity contribution in [3.05, 3.63) is 46.7 Å². The average Bonchev–Trinajstić information content (AvgIpc) is 3.08. The molecular formula is C25H31ClN6O3. The summed E-state index contributed by atoms with van der Waals surface area (Å²) in [5.74, 6) is 1.13. The lowest BCUT2D eigenvalue weighted by Gasteiger charge is -2.44. The van der Waals surface area contributed by atoms with Crippen LogP contribution in [0.4, 0.5) is 16.4 Å². The number of cyclic esters (lactones) is 1. The summed E-state index contributed by atoms with van der Waals surface area (Å²) in [5.41, 5.74) is 1.76. The summed E-state index contributed by atoms with van der Waals surface area (Å²) in [4.78, 5) is 38.9. The number of anilines is 2. The van der Waals surface area contributed by atoms with Crippen LogP contribution in [0.1, 0.15) is 56.8 Å². The maximum atomic E-state index is 14.0. The van der Waals surface area contributed by atoms with E-state index in [-0.39, 0.29) is 30.0 Å². The molecule has 9 nitrogen and oxygen atoms in total. The number of hydrogen-bond acceptors (Lipinski definition) is 7. The zero-order valence-electron chi connectivity index (χ0n) is 20.2. The van der Waals surface area contributed by atoms with E-state index in [1.54, 1.807) is 0 Å². The Kier molecular flexibility index (Phi) is 6.55. The normalized spacial score (nSPS) is 24.1. The van der Waals surface area contributed by atoms with E-state index in [2.05, 4.69) is 44.2 Å². The molecule has 3 aliphatic heterocycles. The van der Waals surface area contributed by atoms with Gasteiger partial charge in [-0.25, -0.2) is 14.8 Å². The van der Waals surface area contributed by atoms with Crippen LogP contribution >= 0.6 is 11.6 Å². The van der Waals surface area contributed by atoms with Crippen molar-refractivity contribution in [1.82, 2.24) is 20.2 Å². The number of amides is 2. The first-order chi connectivity index (χ1) is 16.8. The van der Waals surface area contributed by atoms with Crippen molar-refractivity contribution in [2.24, 2.45) is 0 Å². The van der Waals surface area contributed by atoms with Gasteiger partial charge in [-0.3, -0.25) is 10.1 Å². The Hall–Kier alpha value is -2.91. The number of fused-ring (bicyclic) bond motifs is 3. The van der Waals surface area contributed by atoms with Gasteiger partial charge in [-0.05, 0) is 37.5 Å². The van der Waals surface area contributed by atoms with Crippen LogP contribution in [0.3, 0.4) is 0 Å². The van der Waals surface area contributed by atoms with Crippen LogP contribution in [0.25, 0.3) is 0 Å². The molecule has 1 aromatic heterocycles. The van der Waals surface area contributed by atoms with Crippen LogP contribution in [0, 0.1) is 0 Å². The molecule has 0 spiro atoms. The second kappa shape index (κ2) is 9.62. The summed E-state index contributed by atoms with van der Waals surface area (Å²) in [6.07, 6.45) is 2.43. The van der Waals surface area contributed by atoms with Crippen molar-refractivity contribution < 1.29 is 14.3 Å². The zero-order chi connectivity index (χ0) is 24.7. The molecule has 0 unspecified atom stereocenters. The highest BCUT2D eigenvalue weighted by Gasteiger charge is 2.45. The van der Waals surface area contributed by atoms with Crippen molar-refractivity contribution in [3.8, 4) is 0 Å². The predicted molar refractivity (Wildman–Crippen MR) is 134 cm³/mol. The van der Waals surface area contributed by atoms with E-state index in [9.17, 15) is 9.59 Å². The summed E-state index contributed by atoms with van der Waals surface area (Å²) in [6, 6.07) is 8.06. The molecule has 4 heterocycles. The quantitative estimate of drug-likeness (QED) is 0.626. The first kappa shape index (κ1) is 23.8. The van der Waals surface area contributed by atoms with Gasteiger partial charge in [-0.2, -0.15) is 0 Å². The monoisotopic (exact) mass is 498 g/mol. The van der Waals surface area contributed by atoms with E-state index in [0.29, 0.717) is 30.5 Å². The second-order valence-electron chi connectivity index (χ2n) is 9.83. The average molecular weight is 499 g/mol. The fraction of sp³-hybridized carbons (Fsp3) is 0.520. The maximum Gasteiger partial charge on any atom is 0.413 e. The number of carbonyl (C=O) groups is 2. The molecule has 2 N–H and O–H groups in total. The molecular weight excluding hydrogens is 468 g/mol. The molecule has 0 saturated carbocycles. The van der Waals surface area contributed by atoms with Gasteiger partial charge >= 0.3 is 6.09 Å². The summed E-state index contributed by atoms with van der Waals surface area (Å²) in [7, 11) is 0. The highest BCUT2D eigenvalue weighted by atomic mass is 35.5. The lowest BCUT2D eigenvalue weighted by molar-refractivity contribution is -0.136. The third-order valence-electron chi connectivity index (χ3n) is 7.11. The molecule has 0 aliphatic carbocycles. The largest absolute Gasteiger partial charge is 0.441 e. The first-order valence-corrected chi connectivity index (χ1v) is 12.6. The zero-order valence-corrected chi connectivity index (χ0v) is 21.0. The topological polar surface area (TPSA) is 99.7 Å². The van der Waals surface area contributed by atoms with Crippen LogP contribution in [0.5, 0.6) is 0 Å². The van der Waals surface area contributed by atoms with Crippen molar-refractivity contribution in [2.45, 2.75) is 63.8 Å². The molecule has 35 heavy (non-hydrogen) atoms. The highest BCUT2D eigenvalue weighted by molar-refractivity contribution is 6.30. The van der Waals surface area contributed by atoms with Gasteiger partial charge in [-0.1, -0.05) is 37.6 Å². The van der Waals surface area contributed by atoms with Crippen molar-refractivity contribution in [1.29, 1.82) is 0 Å². The SMILES string of the molecule is CC(C)NC[C@@H](C(=O)N1[C@@H]2CC[C@H]1CN(c1ncnc3c1[C@H](C)OC(=O)N3)C2)c1ccc(Cl)cc1. The number of nitrogens with zero attached hydrogens (tertiary/aromatic N) is 4. The number of piperazine rings is 1. The van der Waals surface area contributed by atoms with Crippen molar-refractivity contribution in [3.63, 3.8) is 0 Å². The fourth-order valence-electron chi connectivity index (χ4n) is 5.47. The Labute approximate surface area is 210 Å². The first-order valence-electron chi connectivity index (χ1n) is 12.2. The molecule has 10 heteroatoms. The van der Waals surface area contributed by atoms with Crippen LogP contribution in [0.15, 0.2) is 30.6 Å². The van der Waals surface area contributed by atoms with E-state index in [4.69, 9.17) is 16.3 Å².